The number of benzene rings is 2. The van der Waals surface area contributed by atoms with Gasteiger partial charge in [0.05, 0.1) is 30.5 Å². The van der Waals surface area contributed by atoms with Crippen LogP contribution in [0.1, 0.15) is 27.6 Å². The molecule has 11 heteroatoms. The number of aliphatic hydroxyl groups is 1. The van der Waals surface area contributed by atoms with E-state index in [-0.39, 0.29) is 34.2 Å². The molecular weight excluding hydrogens is 465 g/mol. The van der Waals surface area contributed by atoms with Gasteiger partial charge in [-0.1, -0.05) is 6.07 Å². The zero-order valence-corrected chi connectivity index (χ0v) is 18.4. The molecule has 182 valence electrons. The molecule has 1 atom stereocenters. The van der Waals surface area contributed by atoms with Crippen LogP contribution >= 0.6 is 0 Å². The van der Waals surface area contributed by atoms with Crippen LogP contribution in [0.15, 0.2) is 42.6 Å². The summed E-state index contributed by atoms with van der Waals surface area (Å²) in [6, 6.07) is 6.33. The molecule has 0 radical (unpaired) electrons. The summed E-state index contributed by atoms with van der Waals surface area (Å²) >= 11 is 0. The third-order valence-corrected chi connectivity index (χ3v) is 5.54. The second kappa shape index (κ2) is 9.72. The van der Waals surface area contributed by atoms with Crippen molar-refractivity contribution < 1.29 is 32.6 Å². The second-order valence-electron chi connectivity index (χ2n) is 8.06. The maximum atomic E-state index is 15.1. The Bertz CT molecular complexity index is 1290. The highest BCUT2D eigenvalue weighted by atomic mass is 19.1. The van der Waals surface area contributed by atoms with Crippen LogP contribution in [0.25, 0.3) is 11.1 Å². The van der Waals surface area contributed by atoms with Crippen LogP contribution in [-0.4, -0.2) is 41.2 Å². The van der Waals surface area contributed by atoms with Crippen molar-refractivity contribution in [1.29, 1.82) is 0 Å². The summed E-state index contributed by atoms with van der Waals surface area (Å²) in [7, 11) is 0. The lowest BCUT2D eigenvalue weighted by Crippen LogP contribution is -2.48. The number of nitrogen functional groups attached to an aromatic ring is 1. The minimum Gasteiger partial charge on any atom is -0.383 e. The van der Waals surface area contributed by atoms with Gasteiger partial charge >= 0.3 is 0 Å². The van der Waals surface area contributed by atoms with Crippen molar-refractivity contribution in [3.63, 3.8) is 0 Å². The van der Waals surface area contributed by atoms with Crippen molar-refractivity contribution in [3.05, 3.63) is 76.7 Å². The van der Waals surface area contributed by atoms with Crippen molar-refractivity contribution in [2.75, 3.05) is 24.3 Å². The van der Waals surface area contributed by atoms with Gasteiger partial charge < -0.3 is 26.2 Å². The van der Waals surface area contributed by atoms with Crippen LogP contribution in [0, 0.1) is 24.4 Å². The Labute approximate surface area is 197 Å². The molecule has 1 saturated heterocycles. The molecule has 1 aromatic heterocycles. The van der Waals surface area contributed by atoms with E-state index in [1.807, 2.05) is 0 Å². The minimum atomic E-state index is -1.93. The average molecular weight is 486 g/mol. The van der Waals surface area contributed by atoms with Crippen molar-refractivity contribution >= 4 is 23.3 Å². The molecule has 1 aliphatic rings. The van der Waals surface area contributed by atoms with Gasteiger partial charge in [0.2, 0.25) is 0 Å². The van der Waals surface area contributed by atoms with E-state index in [1.54, 1.807) is 0 Å². The molecule has 3 aromatic rings. The van der Waals surface area contributed by atoms with Crippen LogP contribution in [-0.2, 0) is 9.53 Å². The van der Waals surface area contributed by atoms with Crippen LogP contribution in [0.3, 0.4) is 0 Å². The van der Waals surface area contributed by atoms with Gasteiger partial charge in [-0.3, -0.25) is 9.59 Å². The molecule has 0 saturated carbocycles. The lowest BCUT2D eigenvalue weighted by Gasteiger charge is -2.27. The summed E-state index contributed by atoms with van der Waals surface area (Å²) < 4.78 is 46.9. The summed E-state index contributed by atoms with van der Waals surface area (Å²) in [5.74, 6) is -4.24. The number of nitrogens with two attached hydrogens (primary N) is 1. The van der Waals surface area contributed by atoms with Crippen LogP contribution in [0.2, 0.25) is 0 Å². The molecular formula is C24H21F3N4O4. The third-order valence-electron chi connectivity index (χ3n) is 5.54. The van der Waals surface area contributed by atoms with E-state index in [0.29, 0.717) is 30.4 Å². The van der Waals surface area contributed by atoms with Gasteiger partial charge in [-0.25, -0.2) is 18.2 Å². The van der Waals surface area contributed by atoms with E-state index in [0.717, 1.165) is 12.1 Å². The fourth-order valence-electron chi connectivity index (χ4n) is 3.57. The normalized spacial score (nSPS) is 14.2. The first-order valence-electron chi connectivity index (χ1n) is 10.5. The minimum absolute atomic E-state index is 0.0104. The number of rotatable bonds is 6. The Morgan fingerprint density at radius 3 is 2.46 bits per heavy atom. The SMILES string of the molecule is Cc1c(-c2cnc(N)c(C(=O)NC3COC3)c2)ccc(NC(=O)[C@H](O)c2cc(F)cc(F)c2)c1F. The number of pyridine rings is 1. The number of hydrogen-bond acceptors (Lipinski definition) is 6. The number of amides is 2. The fourth-order valence-corrected chi connectivity index (χ4v) is 3.57. The summed E-state index contributed by atoms with van der Waals surface area (Å²) in [4.78, 5) is 28.9. The van der Waals surface area contributed by atoms with E-state index in [4.69, 9.17) is 10.5 Å². The van der Waals surface area contributed by atoms with E-state index in [2.05, 4.69) is 15.6 Å². The largest absolute Gasteiger partial charge is 0.383 e. The highest BCUT2D eigenvalue weighted by Gasteiger charge is 2.24. The molecule has 0 spiro atoms. The van der Waals surface area contributed by atoms with Gasteiger partial charge in [-0.2, -0.15) is 0 Å². The first kappa shape index (κ1) is 24.2. The van der Waals surface area contributed by atoms with Gasteiger partial charge in [0.25, 0.3) is 11.8 Å². The zero-order chi connectivity index (χ0) is 25.3. The zero-order valence-electron chi connectivity index (χ0n) is 18.4. The van der Waals surface area contributed by atoms with Gasteiger partial charge in [0.15, 0.2) is 6.10 Å². The summed E-state index contributed by atoms with van der Waals surface area (Å²) in [5.41, 5.74) is 6.33. The molecule has 0 bridgehead atoms. The molecule has 5 N–H and O–H groups in total. The van der Waals surface area contributed by atoms with Crippen LogP contribution < -0.4 is 16.4 Å². The van der Waals surface area contributed by atoms with Crippen molar-refractivity contribution in [3.8, 4) is 11.1 Å². The quantitative estimate of drug-likeness (QED) is 0.425. The van der Waals surface area contributed by atoms with Gasteiger partial charge in [0.1, 0.15) is 23.3 Å². The van der Waals surface area contributed by atoms with E-state index >= 15 is 4.39 Å². The summed E-state index contributed by atoms with van der Waals surface area (Å²) in [5, 5.41) is 15.1. The Morgan fingerprint density at radius 2 is 1.83 bits per heavy atom. The van der Waals surface area contributed by atoms with Gasteiger partial charge in [0, 0.05) is 17.8 Å². The number of hydrogen-bond donors (Lipinski definition) is 4. The first-order valence-corrected chi connectivity index (χ1v) is 10.5. The van der Waals surface area contributed by atoms with Crippen molar-refractivity contribution in [2.24, 2.45) is 0 Å². The van der Waals surface area contributed by atoms with E-state index in [9.17, 15) is 23.5 Å². The number of carbonyl (C=O) groups excluding carboxylic acids is 2. The molecule has 1 fully saturated rings. The smallest absolute Gasteiger partial charge is 0.257 e. The second-order valence-corrected chi connectivity index (χ2v) is 8.06. The maximum Gasteiger partial charge on any atom is 0.257 e. The Hall–Kier alpha value is -3.96. The van der Waals surface area contributed by atoms with Crippen molar-refractivity contribution in [2.45, 2.75) is 19.1 Å². The summed E-state index contributed by atoms with van der Waals surface area (Å²) in [6.07, 6.45) is -0.538. The fraction of sp³-hybridized carbons (Fsp3) is 0.208. The standard InChI is InChI=1S/C24H21F3N4O4/c1-11-17(13-6-18(22(28)29-8-13)23(33)30-16-9-35-10-16)2-3-19(20(11)27)31-24(34)21(32)12-4-14(25)7-15(26)5-12/h2-8,16,21,32H,9-10H2,1H3,(H2,28,29)(H,30,33)(H,31,34)/t21-/m1/s1. The molecule has 2 amide bonds. The molecule has 8 nitrogen and oxygen atoms in total. The molecule has 4 rings (SSSR count). The maximum absolute atomic E-state index is 15.1. The molecule has 2 aromatic carbocycles. The highest BCUT2D eigenvalue weighted by molar-refractivity contribution is 6.00. The number of aliphatic hydroxyl groups excluding tert-OH is 1. The topological polar surface area (TPSA) is 127 Å². The predicted molar refractivity (Wildman–Crippen MR) is 121 cm³/mol. The Balaban J connectivity index is 1.56. The molecule has 0 unspecified atom stereocenters. The number of ether oxygens (including phenoxy) is 1. The predicted octanol–water partition coefficient (Wildman–Crippen LogP) is 2.86. The molecule has 0 aliphatic carbocycles. The number of carbonyl (C=O) groups is 2. The highest BCUT2D eigenvalue weighted by Crippen LogP contribution is 2.31. The number of nitrogens with zero attached hydrogens (tertiary/aromatic N) is 1. The van der Waals surface area contributed by atoms with Gasteiger partial charge in [-0.15, -0.1) is 0 Å². The molecule has 35 heavy (non-hydrogen) atoms. The molecule has 1 aliphatic heterocycles. The Kier molecular flexibility index (Phi) is 6.72. The average Bonchev–Trinajstić information content (AvgIpc) is 2.78. The van der Waals surface area contributed by atoms with E-state index in [1.165, 1.54) is 31.3 Å². The lowest BCUT2D eigenvalue weighted by molar-refractivity contribution is -0.124. The number of halogens is 3. The number of aromatic nitrogens is 1. The van der Waals surface area contributed by atoms with Crippen molar-refractivity contribution in [1.82, 2.24) is 10.3 Å². The van der Waals surface area contributed by atoms with Gasteiger partial charge in [-0.05, 0) is 47.9 Å². The van der Waals surface area contributed by atoms with Crippen LogP contribution in [0.5, 0.6) is 0 Å². The van der Waals surface area contributed by atoms with E-state index < -0.39 is 35.4 Å². The lowest BCUT2D eigenvalue weighted by atomic mass is 9.99. The molecule has 2 heterocycles. The third kappa shape index (κ3) is 5.10. The number of anilines is 2. The van der Waals surface area contributed by atoms with Crippen LogP contribution in [0.4, 0.5) is 24.7 Å². The Morgan fingerprint density at radius 1 is 1.14 bits per heavy atom. The summed E-state index contributed by atoms with van der Waals surface area (Å²) in [6.45, 7) is 2.26. The first-order chi connectivity index (χ1) is 16.6. The number of nitrogens with one attached hydrogen (secondary N) is 2. The monoisotopic (exact) mass is 486 g/mol.